The summed E-state index contributed by atoms with van der Waals surface area (Å²) in [5.41, 5.74) is 1.37. The number of carbonyl (C=O) groups excluding carboxylic acids is 1. The molecule has 0 bridgehead atoms. The van der Waals surface area contributed by atoms with E-state index in [1.807, 2.05) is 23.5 Å². The molecule has 0 saturated carbocycles. The lowest BCUT2D eigenvalue weighted by molar-refractivity contribution is -0.123. The van der Waals surface area contributed by atoms with E-state index in [0.717, 1.165) is 18.7 Å². The Morgan fingerprint density at radius 3 is 2.96 bits per heavy atom. The highest BCUT2D eigenvalue weighted by molar-refractivity contribution is 7.10. The molecule has 0 aliphatic carbocycles. The molecule has 0 radical (unpaired) electrons. The molecule has 1 aliphatic rings. The van der Waals surface area contributed by atoms with Gasteiger partial charge in [0, 0.05) is 22.5 Å². The fraction of sp³-hybridized carbons (Fsp3) is 0.389. The second-order valence-electron chi connectivity index (χ2n) is 5.85. The molecule has 0 unspecified atom stereocenters. The van der Waals surface area contributed by atoms with Gasteiger partial charge in [0.2, 0.25) is 5.91 Å². The largest absolute Gasteiger partial charge is 0.492 e. The minimum Gasteiger partial charge on any atom is -0.492 e. The first-order chi connectivity index (χ1) is 11.6. The van der Waals surface area contributed by atoms with Crippen LogP contribution < -0.4 is 10.1 Å². The standard InChI is InChI=1S/C18H21ClN2O2S/c1-13-16-7-11-24-17(16)6-9-21(13)12-18(22)20-8-10-23-15-4-2-14(19)3-5-15/h2-5,7,11,13H,6,8-10,12H2,1H3,(H,20,22)/t13-/m0/s1. The summed E-state index contributed by atoms with van der Waals surface area (Å²) in [5, 5.41) is 5.74. The van der Waals surface area contributed by atoms with Crippen LogP contribution in [0.3, 0.4) is 0 Å². The van der Waals surface area contributed by atoms with Crippen LogP contribution in [0.5, 0.6) is 5.75 Å². The minimum absolute atomic E-state index is 0.0419. The molecule has 3 rings (SSSR count). The first-order valence-corrected chi connectivity index (χ1v) is 9.34. The van der Waals surface area contributed by atoms with Crippen LogP contribution in [0, 0.1) is 0 Å². The van der Waals surface area contributed by atoms with Crippen molar-refractivity contribution in [3.05, 3.63) is 51.2 Å². The molecule has 1 aliphatic heterocycles. The third-order valence-electron chi connectivity index (χ3n) is 4.26. The van der Waals surface area contributed by atoms with Crippen molar-refractivity contribution >= 4 is 28.8 Å². The van der Waals surface area contributed by atoms with Crippen LogP contribution in [0.25, 0.3) is 0 Å². The second kappa shape index (κ2) is 8.01. The average Bonchev–Trinajstić information content (AvgIpc) is 3.05. The Kier molecular flexibility index (Phi) is 5.76. The molecule has 1 N–H and O–H groups in total. The molecule has 128 valence electrons. The van der Waals surface area contributed by atoms with Crippen LogP contribution in [0.15, 0.2) is 35.7 Å². The van der Waals surface area contributed by atoms with Gasteiger partial charge in [-0.2, -0.15) is 0 Å². The highest BCUT2D eigenvalue weighted by Gasteiger charge is 2.25. The Balaban J connectivity index is 1.39. The quantitative estimate of drug-likeness (QED) is 0.797. The van der Waals surface area contributed by atoms with Crippen molar-refractivity contribution in [1.82, 2.24) is 10.2 Å². The van der Waals surface area contributed by atoms with Gasteiger partial charge in [0.15, 0.2) is 0 Å². The molecule has 2 heterocycles. The molecule has 0 fully saturated rings. The van der Waals surface area contributed by atoms with Gasteiger partial charge >= 0.3 is 0 Å². The summed E-state index contributed by atoms with van der Waals surface area (Å²) >= 11 is 7.64. The van der Waals surface area contributed by atoms with E-state index in [4.69, 9.17) is 16.3 Å². The van der Waals surface area contributed by atoms with E-state index in [-0.39, 0.29) is 5.91 Å². The van der Waals surface area contributed by atoms with Crippen LogP contribution in [0.1, 0.15) is 23.4 Å². The zero-order valence-corrected chi connectivity index (χ0v) is 15.2. The molecule has 6 heteroatoms. The summed E-state index contributed by atoms with van der Waals surface area (Å²) in [6, 6.07) is 9.68. The normalized spacial score (nSPS) is 17.3. The van der Waals surface area contributed by atoms with Crippen molar-refractivity contribution in [2.75, 3.05) is 26.2 Å². The van der Waals surface area contributed by atoms with Crippen LogP contribution in [0.2, 0.25) is 5.02 Å². The van der Waals surface area contributed by atoms with Gasteiger partial charge in [-0.25, -0.2) is 0 Å². The third-order valence-corrected chi connectivity index (χ3v) is 5.51. The van der Waals surface area contributed by atoms with E-state index in [2.05, 4.69) is 28.6 Å². The number of halogens is 1. The lowest BCUT2D eigenvalue weighted by atomic mass is 10.0. The number of carbonyl (C=O) groups is 1. The number of fused-ring (bicyclic) bond motifs is 1. The maximum Gasteiger partial charge on any atom is 0.234 e. The molecule has 1 aromatic carbocycles. The predicted octanol–water partition coefficient (Wildman–Crippen LogP) is 3.52. The number of hydrogen-bond donors (Lipinski definition) is 1. The van der Waals surface area contributed by atoms with Gasteiger partial charge in [0.1, 0.15) is 12.4 Å². The topological polar surface area (TPSA) is 41.6 Å². The summed E-state index contributed by atoms with van der Waals surface area (Å²) in [7, 11) is 0. The number of nitrogens with zero attached hydrogens (tertiary/aromatic N) is 1. The molecule has 4 nitrogen and oxygen atoms in total. The Bertz CT molecular complexity index is 687. The Labute approximate surface area is 151 Å². The van der Waals surface area contributed by atoms with Gasteiger partial charge in [0.05, 0.1) is 13.1 Å². The first-order valence-electron chi connectivity index (χ1n) is 8.09. The average molecular weight is 365 g/mol. The van der Waals surface area contributed by atoms with Crippen molar-refractivity contribution in [3.63, 3.8) is 0 Å². The summed E-state index contributed by atoms with van der Waals surface area (Å²) in [6.07, 6.45) is 1.03. The van der Waals surface area contributed by atoms with Crippen molar-refractivity contribution in [3.8, 4) is 5.75 Å². The van der Waals surface area contributed by atoms with Gasteiger partial charge in [0.25, 0.3) is 0 Å². The SMILES string of the molecule is C[C@H]1c2ccsc2CCN1CC(=O)NCCOc1ccc(Cl)cc1. The van der Waals surface area contributed by atoms with Gasteiger partial charge in [-0.15, -0.1) is 11.3 Å². The maximum absolute atomic E-state index is 12.1. The number of amides is 1. The highest BCUT2D eigenvalue weighted by Crippen LogP contribution is 2.32. The van der Waals surface area contributed by atoms with Crippen molar-refractivity contribution < 1.29 is 9.53 Å². The molecule has 1 aromatic heterocycles. The second-order valence-corrected chi connectivity index (χ2v) is 7.29. The van der Waals surface area contributed by atoms with Gasteiger partial charge in [-0.3, -0.25) is 9.69 Å². The number of thiophene rings is 1. The van der Waals surface area contributed by atoms with Crippen molar-refractivity contribution in [1.29, 1.82) is 0 Å². The van der Waals surface area contributed by atoms with Crippen LogP contribution in [-0.2, 0) is 11.2 Å². The molecular weight excluding hydrogens is 344 g/mol. The van der Waals surface area contributed by atoms with Gasteiger partial charge < -0.3 is 10.1 Å². The summed E-state index contributed by atoms with van der Waals surface area (Å²) in [4.78, 5) is 15.8. The number of ether oxygens (including phenoxy) is 1. The smallest absolute Gasteiger partial charge is 0.234 e. The molecule has 0 spiro atoms. The zero-order valence-electron chi connectivity index (χ0n) is 13.6. The van der Waals surface area contributed by atoms with E-state index < -0.39 is 0 Å². The van der Waals surface area contributed by atoms with Gasteiger partial charge in [-0.1, -0.05) is 11.6 Å². The molecule has 24 heavy (non-hydrogen) atoms. The van der Waals surface area contributed by atoms with E-state index in [9.17, 15) is 4.79 Å². The number of rotatable bonds is 6. The van der Waals surface area contributed by atoms with Crippen molar-refractivity contribution in [2.24, 2.45) is 0 Å². The molecule has 1 amide bonds. The van der Waals surface area contributed by atoms with Crippen LogP contribution in [0.4, 0.5) is 0 Å². The van der Waals surface area contributed by atoms with Crippen molar-refractivity contribution in [2.45, 2.75) is 19.4 Å². The molecular formula is C18H21ClN2O2S. The van der Waals surface area contributed by atoms with E-state index in [1.165, 1.54) is 10.4 Å². The lowest BCUT2D eigenvalue weighted by Crippen LogP contribution is -2.42. The summed E-state index contributed by atoms with van der Waals surface area (Å²) in [6.45, 7) is 4.47. The molecule has 0 saturated heterocycles. The van der Waals surface area contributed by atoms with E-state index in [0.29, 0.717) is 30.8 Å². The van der Waals surface area contributed by atoms with Crippen LogP contribution in [-0.4, -0.2) is 37.0 Å². The number of nitrogens with one attached hydrogen (secondary N) is 1. The Morgan fingerprint density at radius 2 is 2.17 bits per heavy atom. The monoisotopic (exact) mass is 364 g/mol. The zero-order chi connectivity index (χ0) is 16.9. The minimum atomic E-state index is 0.0419. The van der Waals surface area contributed by atoms with Crippen LogP contribution >= 0.6 is 22.9 Å². The fourth-order valence-corrected chi connectivity index (χ4v) is 4.00. The summed E-state index contributed by atoms with van der Waals surface area (Å²) in [5.74, 6) is 0.795. The highest BCUT2D eigenvalue weighted by atomic mass is 35.5. The number of benzene rings is 1. The van der Waals surface area contributed by atoms with Gasteiger partial charge in [-0.05, 0) is 54.6 Å². The first kappa shape index (κ1) is 17.3. The summed E-state index contributed by atoms with van der Waals surface area (Å²) < 4.78 is 5.57. The Hall–Kier alpha value is -1.56. The fourth-order valence-electron chi connectivity index (χ4n) is 2.91. The molecule has 2 aromatic rings. The predicted molar refractivity (Wildman–Crippen MR) is 98.0 cm³/mol. The lowest BCUT2D eigenvalue weighted by Gasteiger charge is -2.32. The number of hydrogen-bond acceptors (Lipinski definition) is 4. The van der Waals surface area contributed by atoms with E-state index >= 15 is 0 Å². The third kappa shape index (κ3) is 4.29. The molecule has 1 atom stereocenters. The maximum atomic E-state index is 12.1. The Morgan fingerprint density at radius 1 is 1.38 bits per heavy atom. The van der Waals surface area contributed by atoms with E-state index in [1.54, 1.807) is 12.1 Å².